The molecule has 3 aromatic carbocycles. The topological polar surface area (TPSA) is 35.8 Å². The van der Waals surface area contributed by atoms with Gasteiger partial charge in [0.25, 0.3) is 0 Å². The first-order valence-corrected chi connectivity index (χ1v) is 9.03. The molecule has 124 valence electrons. The first-order chi connectivity index (χ1) is 12.2. The van der Waals surface area contributed by atoms with Crippen molar-refractivity contribution in [2.24, 2.45) is 0 Å². The summed E-state index contributed by atoms with van der Waals surface area (Å²) in [6, 6.07) is 29.0. The van der Waals surface area contributed by atoms with Crippen LogP contribution in [0.15, 0.2) is 83.3 Å². The Hall–Kier alpha value is -2.41. The van der Waals surface area contributed by atoms with E-state index in [1.165, 1.54) is 11.1 Å². The second-order valence-corrected chi connectivity index (χ2v) is 6.93. The van der Waals surface area contributed by atoms with Crippen LogP contribution in [-0.2, 0) is 0 Å². The fraction of sp³-hybridized carbons (Fsp3) is 0.136. The quantitative estimate of drug-likeness (QED) is 0.600. The second kappa shape index (κ2) is 8.11. The molecule has 0 bridgehead atoms. The van der Waals surface area contributed by atoms with Crippen molar-refractivity contribution in [2.75, 3.05) is 0 Å². The molecule has 3 heteroatoms. The molecule has 3 aromatic rings. The number of nitriles is 1. The van der Waals surface area contributed by atoms with Crippen molar-refractivity contribution in [3.63, 3.8) is 0 Å². The molecule has 2 atom stereocenters. The molecule has 0 heterocycles. The Morgan fingerprint density at radius 3 is 1.96 bits per heavy atom. The molecule has 0 saturated carbocycles. The predicted octanol–water partition coefficient (Wildman–Crippen LogP) is 5.76. The van der Waals surface area contributed by atoms with Crippen LogP contribution in [0, 0.1) is 11.3 Å². The van der Waals surface area contributed by atoms with Crippen molar-refractivity contribution in [1.29, 1.82) is 5.26 Å². The summed E-state index contributed by atoms with van der Waals surface area (Å²) < 4.78 is 1.08. The maximum Gasteiger partial charge on any atom is 0.0991 e. The fourth-order valence-corrected chi connectivity index (χ4v) is 3.14. The lowest BCUT2D eigenvalue weighted by Gasteiger charge is -2.25. The molecule has 0 spiro atoms. The Balaban J connectivity index is 1.91. The van der Waals surface area contributed by atoms with Crippen LogP contribution in [0.2, 0.25) is 0 Å². The normalized spacial score (nSPS) is 13.0. The van der Waals surface area contributed by atoms with E-state index in [1.54, 1.807) is 0 Å². The lowest BCUT2D eigenvalue weighted by atomic mass is 9.96. The number of hydrogen-bond acceptors (Lipinski definition) is 2. The molecule has 1 N–H and O–H groups in total. The Labute approximate surface area is 157 Å². The Bertz CT molecular complexity index is 849. The second-order valence-electron chi connectivity index (χ2n) is 6.02. The standard InChI is InChI=1S/C22H19BrN2/c1-16(18-11-13-21(23)14-12-18)25-22(19-5-3-2-4-6-19)20-9-7-17(15-24)8-10-20/h2-14,16,22,25H,1H3/t16-,22?/m1/s1. The molecule has 0 fully saturated rings. The molecule has 0 aliphatic carbocycles. The zero-order chi connectivity index (χ0) is 17.6. The monoisotopic (exact) mass is 390 g/mol. The van der Waals surface area contributed by atoms with Gasteiger partial charge in [0, 0.05) is 10.5 Å². The third-order valence-electron chi connectivity index (χ3n) is 4.29. The van der Waals surface area contributed by atoms with Gasteiger partial charge in [-0.05, 0) is 47.9 Å². The maximum atomic E-state index is 9.03. The van der Waals surface area contributed by atoms with Crippen molar-refractivity contribution < 1.29 is 0 Å². The smallest absolute Gasteiger partial charge is 0.0991 e. The SMILES string of the molecule is C[C@@H](NC(c1ccccc1)c1ccc(C#N)cc1)c1ccc(Br)cc1. The third-order valence-corrected chi connectivity index (χ3v) is 4.82. The van der Waals surface area contributed by atoms with Gasteiger partial charge in [0.1, 0.15) is 0 Å². The van der Waals surface area contributed by atoms with Crippen molar-refractivity contribution in [1.82, 2.24) is 5.32 Å². The summed E-state index contributed by atoms with van der Waals surface area (Å²) in [5.41, 5.74) is 4.26. The summed E-state index contributed by atoms with van der Waals surface area (Å²) in [6.45, 7) is 2.17. The van der Waals surface area contributed by atoms with Crippen LogP contribution in [0.5, 0.6) is 0 Å². The highest BCUT2D eigenvalue weighted by Crippen LogP contribution is 2.26. The largest absolute Gasteiger partial charge is 0.300 e. The van der Waals surface area contributed by atoms with Gasteiger partial charge in [0.05, 0.1) is 17.7 Å². The van der Waals surface area contributed by atoms with Crippen LogP contribution in [-0.4, -0.2) is 0 Å². The van der Waals surface area contributed by atoms with Gasteiger partial charge in [-0.15, -0.1) is 0 Å². The van der Waals surface area contributed by atoms with E-state index >= 15 is 0 Å². The number of nitrogens with one attached hydrogen (secondary N) is 1. The molecule has 0 saturated heterocycles. The minimum Gasteiger partial charge on any atom is -0.300 e. The fourth-order valence-electron chi connectivity index (χ4n) is 2.88. The Morgan fingerprint density at radius 2 is 1.36 bits per heavy atom. The van der Waals surface area contributed by atoms with E-state index < -0.39 is 0 Å². The molecule has 1 unspecified atom stereocenters. The third kappa shape index (κ3) is 4.36. The van der Waals surface area contributed by atoms with E-state index in [4.69, 9.17) is 5.26 Å². The Morgan fingerprint density at radius 1 is 0.800 bits per heavy atom. The number of hydrogen-bond donors (Lipinski definition) is 1. The van der Waals surface area contributed by atoms with E-state index in [9.17, 15) is 0 Å². The van der Waals surface area contributed by atoms with Gasteiger partial charge >= 0.3 is 0 Å². The average molecular weight is 391 g/mol. The van der Waals surface area contributed by atoms with Crippen molar-refractivity contribution in [3.05, 3.63) is 106 Å². The summed E-state index contributed by atoms with van der Waals surface area (Å²) in [7, 11) is 0. The van der Waals surface area contributed by atoms with Crippen molar-refractivity contribution in [3.8, 4) is 6.07 Å². The molecule has 0 aliphatic rings. The first kappa shape index (κ1) is 17.4. The number of benzene rings is 3. The number of nitrogens with zero attached hydrogens (tertiary/aromatic N) is 1. The van der Waals surface area contributed by atoms with Crippen LogP contribution in [0.3, 0.4) is 0 Å². The van der Waals surface area contributed by atoms with Crippen molar-refractivity contribution >= 4 is 15.9 Å². The molecule has 0 radical (unpaired) electrons. The van der Waals surface area contributed by atoms with E-state index in [2.05, 4.69) is 82.8 Å². The zero-order valence-corrected chi connectivity index (χ0v) is 15.6. The summed E-state index contributed by atoms with van der Waals surface area (Å²) in [4.78, 5) is 0. The van der Waals surface area contributed by atoms with Gasteiger partial charge in [-0.25, -0.2) is 0 Å². The average Bonchev–Trinajstić information content (AvgIpc) is 2.67. The number of halogens is 1. The van der Waals surface area contributed by atoms with Crippen molar-refractivity contribution in [2.45, 2.75) is 19.0 Å². The Kier molecular flexibility index (Phi) is 5.65. The highest BCUT2D eigenvalue weighted by Gasteiger charge is 2.17. The zero-order valence-electron chi connectivity index (χ0n) is 14.0. The molecule has 0 aromatic heterocycles. The summed E-state index contributed by atoms with van der Waals surface area (Å²) >= 11 is 3.49. The van der Waals surface area contributed by atoms with E-state index in [1.807, 2.05) is 30.3 Å². The van der Waals surface area contributed by atoms with E-state index in [-0.39, 0.29) is 12.1 Å². The van der Waals surface area contributed by atoms with Crippen LogP contribution in [0.1, 0.15) is 41.3 Å². The first-order valence-electron chi connectivity index (χ1n) is 8.24. The molecule has 0 aliphatic heterocycles. The summed E-state index contributed by atoms with van der Waals surface area (Å²) in [5, 5.41) is 12.8. The molecular weight excluding hydrogens is 372 g/mol. The molecule has 25 heavy (non-hydrogen) atoms. The van der Waals surface area contributed by atoms with E-state index in [0.29, 0.717) is 5.56 Å². The molecule has 3 rings (SSSR count). The molecular formula is C22H19BrN2. The van der Waals surface area contributed by atoms with Crippen LogP contribution >= 0.6 is 15.9 Å². The predicted molar refractivity (Wildman–Crippen MR) is 105 cm³/mol. The summed E-state index contributed by atoms with van der Waals surface area (Å²) in [5.74, 6) is 0. The number of rotatable bonds is 5. The van der Waals surface area contributed by atoms with Crippen LogP contribution in [0.4, 0.5) is 0 Å². The lowest BCUT2D eigenvalue weighted by molar-refractivity contribution is 0.516. The highest BCUT2D eigenvalue weighted by atomic mass is 79.9. The van der Waals surface area contributed by atoms with Gasteiger partial charge in [-0.3, -0.25) is 5.32 Å². The van der Waals surface area contributed by atoms with Gasteiger partial charge in [-0.2, -0.15) is 5.26 Å². The van der Waals surface area contributed by atoms with Crippen LogP contribution in [0.25, 0.3) is 0 Å². The molecule has 2 nitrogen and oxygen atoms in total. The minimum atomic E-state index is 0.0626. The van der Waals surface area contributed by atoms with Gasteiger partial charge in [0.15, 0.2) is 0 Å². The lowest BCUT2D eigenvalue weighted by Crippen LogP contribution is -2.25. The van der Waals surface area contributed by atoms with Gasteiger partial charge in [-0.1, -0.05) is 70.5 Å². The van der Waals surface area contributed by atoms with E-state index in [0.717, 1.165) is 10.0 Å². The minimum absolute atomic E-state index is 0.0626. The maximum absolute atomic E-state index is 9.03. The highest BCUT2D eigenvalue weighted by molar-refractivity contribution is 9.10. The van der Waals surface area contributed by atoms with Gasteiger partial charge in [0.2, 0.25) is 0 Å². The summed E-state index contributed by atoms with van der Waals surface area (Å²) in [6.07, 6.45) is 0. The molecule has 0 amide bonds. The van der Waals surface area contributed by atoms with Crippen LogP contribution < -0.4 is 5.32 Å². The van der Waals surface area contributed by atoms with Gasteiger partial charge < -0.3 is 0 Å².